The van der Waals surface area contributed by atoms with E-state index >= 15 is 0 Å². The molecule has 57 valence electrons. The second-order valence-electron chi connectivity index (χ2n) is 2.94. The predicted molar refractivity (Wildman–Crippen MR) is 48.0 cm³/mol. The van der Waals surface area contributed by atoms with Gasteiger partial charge in [-0.05, 0) is 31.9 Å². The van der Waals surface area contributed by atoms with E-state index in [-0.39, 0.29) is 0 Å². The molecule has 0 amide bonds. The molecule has 0 saturated heterocycles. The number of hydrogen-bond donors (Lipinski definition) is 0. The number of nitrogens with zero attached hydrogens (tertiary/aromatic N) is 1. The van der Waals surface area contributed by atoms with Gasteiger partial charge in [-0.2, -0.15) is 5.41 Å². The van der Waals surface area contributed by atoms with Gasteiger partial charge in [-0.15, -0.1) is 0 Å². The van der Waals surface area contributed by atoms with Crippen molar-refractivity contribution in [3.8, 4) is 0 Å². The first kappa shape index (κ1) is 7.99. The van der Waals surface area contributed by atoms with Crippen LogP contribution in [0.5, 0.6) is 0 Å². The van der Waals surface area contributed by atoms with E-state index in [4.69, 9.17) is 5.41 Å². The van der Waals surface area contributed by atoms with Crippen LogP contribution in [0.2, 0.25) is 0 Å². The Morgan fingerprint density at radius 3 is 1.91 bits per heavy atom. The maximum absolute atomic E-state index is 8.87. The highest BCUT2D eigenvalue weighted by molar-refractivity contribution is 5.82. The van der Waals surface area contributed by atoms with Gasteiger partial charge in [0.25, 0.3) is 0 Å². The van der Waals surface area contributed by atoms with E-state index in [2.05, 4.69) is 19.1 Å². The molecule has 0 atom stereocenters. The van der Waals surface area contributed by atoms with Crippen molar-refractivity contribution >= 4 is 6.21 Å². The summed E-state index contributed by atoms with van der Waals surface area (Å²) in [5.74, 6) is 0. The minimum Gasteiger partial charge on any atom is -0.158 e. The third kappa shape index (κ3) is 1.48. The van der Waals surface area contributed by atoms with Gasteiger partial charge in [0.2, 0.25) is 0 Å². The molecule has 0 fully saturated rings. The lowest BCUT2D eigenvalue weighted by molar-refractivity contribution is 1.31. The molecule has 0 saturated carbocycles. The van der Waals surface area contributed by atoms with Crippen molar-refractivity contribution in [2.75, 3.05) is 0 Å². The summed E-state index contributed by atoms with van der Waals surface area (Å²) in [6, 6.07) is 4.13. The quantitative estimate of drug-likeness (QED) is 0.539. The minimum absolute atomic E-state index is 0.940. The Balaban J connectivity index is 3.36. The first-order chi connectivity index (χ1) is 5.15. The summed E-state index contributed by atoms with van der Waals surface area (Å²) in [5.41, 5.74) is 4.44. The highest BCUT2D eigenvalue weighted by Crippen LogP contribution is 2.13. The van der Waals surface area contributed by atoms with Gasteiger partial charge in [0.1, 0.15) is 0 Å². The molecule has 0 spiro atoms. The fourth-order valence-electron chi connectivity index (χ4n) is 1.39. The number of hydrogen-bond acceptors (Lipinski definition) is 0. The minimum atomic E-state index is 0.940. The van der Waals surface area contributed by atoms with Gasteiger partial charge in [0, 0.05) is 5.56 Å². The Morgan fingerprint density at radius 2 is 1.55 bits per heavy atom. The zero-order valence-electron chi connectivity index (χ0n) is 7.18. The molecule has 1 aromatic rings. The lowest BCUT2D eigenvalue weighted by Gasteiger charge is -2.04. The van der Waals surface area contributed by atoms with Crippen LogP contribution in [0.15, 0.2) is 12.1 Å². The monoisotopic (exact) mass is 146 g/mol. The molecule has 0 heterocycles. The first-order valence-corrected chi connectivity index (χ1v) is 3.70. The van der Waals surface area contributed by atoms with Crippen molar-refractivity contribution in [1.82, 2.24) is 5.41 Å². The lowest BCUT2D eigenvalue weighted by atomic mass is 10.0. The second-order valence-corrected chi connectivity index (χ2v) is 2.94. The van der Waals surface area contributed by atoms with Crippen molar-refractivity contribution in [2.45, 2.75) is 20.8 Å². The molecule has 11 heavy (non-hydrogen) atoms. The van der Waals surface area contributed by atoms with E-state index in [9.17, 15) is 0 Å². The predicted octanol–water partition coefficient (Wildman–Crippen LogP) is 1.83. The van der Waals surface area contributed by atoms with E-state index in [0.717, 1.165) is 16.7 Å². The van der Waals surface area contributed by atoms with Crippen LogP contribution in [0.4, 0.5) is 0 Å². The van der Waals surface area contributed by atoms with Crippen molar-refractivity contribution in [3.63, 3.8) is 0 Å². The van der Waals surface area contributed by atoms with Crippen LogP contribution in [-0.2, 0) is 0 Å². The van der Waals surface area contributed by atoms with E-state index < -0.39 is 0 Å². The van der Waals surface area contributed by atoms with Crippen LogP contribution in [-0.4, -0.2) is 6.21 Å². The van der Waals surface area contributed by atoms with E-state index in [1.54, 1.807) is 0 Å². The number of aryl methyl sites for hydroxylation is 3. The molecular formula is C10H12N. The Bertz CT molecular complexity index is 264. The van der Waals surface area contributed by atoms with Crippen LogP contribution < -0.4 is 5.41 Å². The number of benzene rings is 1. The molecule has 1 radical (unpaired) electrons. The summed E-state index contributed by atoms with van der Waals surface area (Å²) in [6.45, 7) is 6.06. The average Bonchev–Trinajstić information content (AvgIpc) is 1.85. The average molecular weight is 146 g/mol. The van der Waals surface area contributed by atoms with Gasteiger partial charge < -0.3 is 0 Å². The van der Waals surface area contributed by atoms with Crippen LogP contribution in [0, 0.1) is 20.8 Å². The molecule has 0 N–H and O–H groups in total. The fourth-order valence-corrected chi connectivity index (χ4v) is 1.39. The molecule has 1 heteroatoms. The summed E-state index contributed by atoms with van der Waals surface area (Å²) in [5, 5.41) is 8.87. The standard InChI is InChI=1S/C10H12N/c1-7-4-8(2)10(6-11)9(3)5-7/h4-6H,1-3H3. The maximum atomic E-state index is 8.87. The zero-order chi connectivity index (χ0) is 8.43. The Hall–Kier alpha value is -1.11. The van der Waals surface area contributed by atoms with Crippen LogP contribution in [0.25, 0.3) is 0 Å². The fraction of sp³-hybridized carbons (Fsp3) is 0.300. The van der Waals surface area contributed by atoms with Crippen LogP contribution in [0.1, 0.15) is 22.3 Å². The number of rotatable bonds is 1. The summed E-state index contributed by atoms with van der Waals surface area (Å²) in [4.78, 5) is 0. The van der Waals surface area contributed by atoms with Gasteiger partial charge >= 0.3 is 0 Å². The smallest absolute Gasteiger partial charge is 0.0573 e. The normalized spacial score (nSPS) is 9.73. The molecule has 1 aromatic carbocycles. The van der Waals surface area contributed by atoms with Gasteiger partial charge in [-0.3, -0.25) is 0 Å². The van der Waals surface area contributed by atoms with Crippen molar-refractivity contribution in [2.24, 2.45) is 0 Å². The van der Waals surface area contributed by atoms with E-state index in [1.807, 2.05) is 13.8 Å². The van der Waals surface area contributed by atoms with E-state index in [1.165, 1.54) is 11.8 Å². The molecule has 0 aliphatic carbocycles. The zero-order valence-corrected chi connectivity index (χ0v) is 7.18. The third-order valence-electron chi connectivity index (χ3n) is 1.87. The molecule has 0 bridgehead atoms. The molecule has 1 rings (SSSR count). The highest BCUT2D eigenvalue weighted by Gasteiger charge is 1.99. The van der Waals surface area contributed by atoms with E-state index in [0.29, 0.717) is 0 Å². The van der Waals surface area contributed by atoms with Crippen molar-refractivity contribution < 1.29 is 0 Å². The van der Waals surface area contributed by atoms with Crippen LogP contribution >= 0.6 is 0 Å². The van der Waals surface area contributed by atoms with Crippen molar-refractivity contribution in [3.05, 3.63) is 34.4 Å². The van der Waals surface area contributed by atoms with Gasteiger partial charge in [0.15, 0.2) is 0 Å². The molecular weight excluding hydrogens is 134 g/mol. The Morgan fingerprint density at radius 1 is 1.09 bits per heavy atom. The SMILES string of the molecule is Cc1cc(C)c(C=[N])c(C)c1. The second kappa shape index (κ2) is 2.87. The van der Waals surface area contributed by atoms with Gasteiger partial charge in [-0.25, -0.2) is 0 Å². The summed E-state index contributed by atoms with van der Waals surface area (Å²) >= 11 is 0. The molecule has 0 aromatic heterocycles. The largest absolute Gasteiger partial charge is 0.158 e. The van der Waals surface area contributed by atoms with Gasteiger partial charge in [0.05, 0.1) is 6.21 Å². The third-order valence-corrected chi connectivity index (χ3v) is 1.87. The topological polar surface area (TPSA) is 22.3 Å². The summed E-state index contributed by atoms with van der Waals surface area (Å²) in [7, 11) is 0. The molecule has 0 aliphatic heterocycles. The first-order valence-electron chi connectivity index (χ1n) is 3.70. The molecule has 1 nitrogen and oxygen atoms in total. The lowest BCUT2D eigenvalue weighted by Crippen LogP contribution is -1.93. The summed E-state index contributed by atoms with van der Waals surface area (Å²) < 4.78 is 0. The summed E-state index contributed by atoms with van der Waals surface area (Å²) in [6.07, 6.45) is 1.17. The van der Waals surface area contributed by atoms with Crippen LogP contribution in [0.3, 0.4) is 0 Å². The van der Waals surface area contributed by atoms with Crippen molar-refractivity contribution in [1.29, 1.82) is 0 Å². The van der Waals surface area contributed by atoms with Gasteiger partial charge in [-0.1, -0.05) is 17.7 Å². The Kier molecular flexibility index (Phi) is 2.08. The maximum Gasteiger partial charge on any atom is 0.0573 e. The molecule has 0 unspecified atom stereocenters. The molecule has 0 aliphatic rings. The Labute approximate surface area is 67.6 Å². The highest BCUT2D eigenvalue weighted by atomic mass is 14.3.